The van der Waals surface area contributed by atoms with E-state index in [0.29, 0.717) is 0 Å². The van der Waals surface area contributed by atoms with Crippen LogP contribution >= 0.6 is 11.3 Å². The van der Waals surface area contributed by atoms with E-state index >= 15 is 0 Å². The molecule has 3 aromatic rings. The standard InChI is InChI=1S/C27H38N6OS/c1-34-24-10-4-3-9-23(24)33-18-16-31(17-19-33)13-8-5-12-28-26-22-11-20-35-27(22)30-25(29-26)21-32-14-6-2-7-15-32/h3-4,9-11,20H,2,5-8,12-19,21H2,1H3,(H,28,29,30). The van der Waals surface area contributed by atoms with Gasteiger partial charge in [0.15, 0.2) is 0 Å². The lowest BCUT2D eigenvalue weighted by atomic mass is 10.1. The van der Waals surface area contributed by atoms with Crippen molar-refractivity contribution in [3.63, 3.8) is 0 Å². The smallest absolute Gasteiger partial charge is 0.146 e. The van der Waals surface area contributed by atoms with Crippen molar-refractivity contribution in [2.45, 2.75) is 38.6 Å². The number of likely N-dealkylation sites (tertiary alicyclic amines) is 1. The molecule has 7 nitrogen and oxygen atoms in total. The number of piperazine rings is 1. The Morgan fingerprint density at radius 2 is 1.74 bits per heavy atom. The van der Waals surface area contributed by atoms with Gasteiger partial charge in [-0.3, -0.25) is 9.80 Å². The van der Waals surface area contributed by atoms with E-state index in [4.69, 9.17) is 14.7 Å². The number of para-hydroxylation sites is 2. The van der Waals surface area contributed by atoms with Gasteiger partial charge in [0.05, 0.1) is 24.7 Å². The van der Waals surface area contributed by atoms with Gasteiger partial charge >= 0.3 is 0 Å². The third kappa shape index (κ3) is 6.23. The van der Waals surface area contributed by atoms with Crippen molar-refractivity contribution in [3.05, 3.63) is 41.5 Å². The zero-order valence-corrected chi connectivity index (χ0v) is 21.7. The Bertz CT molecular complexity index is 1070. The van der Waals surface area contributed by atoms with Gasteiger partial charge in [-0.2, -0.15) is 0 Å². The minimum Gasteiger partial charge on any atom is -0.495 e. The maximum absolute atomic E-state index is 5.55. The molecule has 5 rings (SSSR count). The minimum absolute atomic E-state index is 0.864. The van der Waals surface area contributed by atoms with Gasteiger partial charge in [-0.15, -0.1) is 11.3 Å². The van der Waals surface area contributed by atoms with Crippen LogP contribution in [0.3, 0.4) is 0 Å². The minimum atomic E-state index is 0.864. The Labute approximate surface area is 213 Å². The summed E-state index contributed by atoms with van der Waals surface area (Å²) in [6.45, 7) is 9.61. The number of aromatic nitrogens is 2. The molecule has 1 aromatic carbocycles. The first-order chi connectivity index (χ1) is 17.3. The largest absolute Gasteiger partial charge is 0.495 e. The Morgan fingerprint density at radius 1 is 0.914 bits per heavy atom. The van der Waals surface area contributed by atoms with Crippen molar-refractivity contribution in [1.29, 1.82) is 0 Å². The fraction of sp³-hybridized carbons (Fsp3) is 0.556. The number of hydrogen-bond donors (Lipinski definition) is 1. The maximum Gasteiger partial charge on any atom is 0.146 e. The molecule has 2 aliphatic rings. The maximum atomic E-state index is 5.55. The van der Waals surface area contributed by atoms with Crippen LogP contribution in [0, 0.1) is 0 Å². The van der Waals surface area contributed by atoms with Crippen LogP contribution in [-0.2, 0) is 6.54 Å². The number of fused-ring (bicyclic) bond motifs is 1. The summed E-state index contributed by atoms with van der Waals surface area (Å²) in [5.41, 5.74) is 1.21. The number of ether oxygens (including phenoxy) is 1. The highest BCUT2D eigenvalue weighted by Crippen LogP contribution is 2.28. The number of methoxy groups -OCH3 is 1. The molecule has 8 heteroatoms. The van der Waals surface area contributed by atoms with Crippen LogP contribution in [0.5, 0.6) is 5.75 Å². The number of nitrogens with zero attached hydrogens (tertiary/aromatic N) is 5. The molecule has 188 valence electrons. The van der Waals surface area contributed by atoms with E-state index in [-0.39, 0.29) is 0 Å². The Balaban J connectivity index is 1.07. The van der Waals surface area contributed by atoms with Crippen molar-refractivity contribution >= 4 is 33.1 Å². The number of piperidine rings is 1. The number of unbranched alkanes of at least 4 members (excludes halogenated alkanes) is 1. The van der Waals surface area contributed by atoms with Crippen molar-refractivity contribution < 1.29 is 4.74 Å². The van der Waals surface area contributed by atoms with Crippen LogP contribution < -0.4 is 15.0 Å². The summed E-state index contributed by atoms with van der Waals surface area (Å²) in [5.74, 6) is 2.93. The average molecular weight is 495 g/mol. The molecule has 0 radical (unpaired) electrons. The van der Waals surface area contributed by atoms with E-state index in [1.807, 2.05) is 12.1 Å². The number of rotatable bonds is 10. The summed E-state index contributed by atoms with van der Waals surface area (Å²) >= 11 is 1.71. The third-order valence-electron chi connectivity index (χ3n) is 7.18. The molecular weight excluding hydrogens is 456 g/mol. The first kappa shape index (κ1) is 24.3. The Hall–Kier alpha value is -2.42. The number of anilines is 2. The van der Waals surface area contributed by atoms with Gasteiger partial charge in [0, 0.05) is 32.7 Å². The van der Waals surface area contributed by atoms with Gasteiger partial charge in [0.25, 0.3) is 0 Å². The van der Waals surface area contributed by atoms with Crippen LogP contribution in [0.2, 0.25) is 0 Å². The molecule has 35 heavy (non-hydrogen) atoms. The second kappa shape index (κ2) is 12.0. The number of benzene rings is 1. The van der Waals surface area contributed by atoms with E-state index in [0.717, 1.165) is 79.8 Å². The van der Waals surface area contributed by atoms with Gasteiger partial charge in [-0.05, 0) is 68.9 Å². The zero-order valence-electron chi connectivity index (χ0n) is 20.9. The molecule has 0 unspecified atom stereocenters. The zero-order chi connectivity index (χ0) is 23.9. The van der Waals surface area contributed by atoms with Crippen LogP contribution in [0.4, 0.5) is 11.5 Å². The second-order valence-corrected chi connectivity index (χ2v) is 10.5. The van der Waals surface area contributed by atoms with Crippen molar-refractivity contribution in [3.8, 4) is 5.75 Å². The fourth-order valence-electron chi connectivity index (χ4n) is 5.19. The molecular formula is C27H38N6OS. The molecule has 1 N–H and O–H groups in total. The summed E-state index contributed by atoms with van der Waals surface area (Å²) in [7, 11) is 1.75. The lowest BCUT2D eigenvalue weighted by Gasteiger charge is -2.36. The van der Waals surface area contributed by atoms with Crippen LogP contribution in [0.1, 0.15) is 37.9 Å². The molecule has 2 fully saturated rings. The topological polar surface area (TPSA) is 56.8 Å². The van der Waals surface area contributed by atoms with E-state index in [9.17, 15) is 0 Å². The molecule has 2 aliphatic heterocycles. The van der Waals surface area contributed by atoms with Crippen molar-refractivity contribution in [2.75, 3.05) is 69.7 Å². The van der Waals surface area contributed by atoms with Gasteiger partial charge in [-0.25, -0.2) is 9.97 Å². The molecule has 2 saturated heterocycles. The Kier molecular flexibility index (Phi) is 8.33. The molecule has 0 saturated carbocycles. The van der Waals surface area contributed by atoms with Gasteiger partial charge < -0.3 is 15.0 Å². The lowest BCUT2D eigenvalue weighted by molar-refractivity contribution is 0.216. The van der Waals surface area contributed by atoms with Crippen LogP contribution in [-0.4, -0.2) is 79.2 Å². The molecule has 4 heterocycles. The third-order valence-corrected chi connectivity index (χ3v) is 7.98. The normalized spacial score (nSPS) is 17.7. The van der Waals surface area contributed by atoms with Crippen molar-refractivity contribution in [2.24, 2.45) is 0 Å². The predicted molar refractivity (Wildman–Crippen MR) is 146 cm³/mol. The highest BCUT2D eigenvalue weighted by Gasteiger charge is 2.19. The average Bonchev–Trinajstić information content (AvgIpc) is 3.38. The van der Waals surface area contributed by atoms with Gasteiger partial charge in [-0.1, -0.05) is 18.6 Å². The molecule has 0 amide bonds. The fourth-order valence-corrected chi connectivity index (χ4v) is 5.98. The first-order valence-corrected chi connectivity index (χ1v) is 14.0. The van der Waals surface area contributed by atoms with Gasteiger partial charge in [0.2, 0.25) is 0 Å². The molecule has 0 bridgehead atoms. The summed E-state index contributed by atoms with van der Waals surface area (Å²) in [5, 5.41) is 6.91. The molecule has 2 aromatic heterocycles. The van der Waals surface area contributed by atoms with Crippen LogP contribution in [0.15, 0.2) is 35.7 Å². The van der Waals surface area contributed by atoms with E-state index in [1.165, 1.54) is 44.5 Å². The summed E-state index contributed by atoms with van der Waals surface area (Å²) < 4.78 is 5.55. The summed E-state index contributed by atoms with van der Waals surface area (Å²) in [4.78, 5) is 18.4. The van der Waals surface area contributed by atoms with Crippen molar-refractivity contribution in [1.82, 2.24) is 19.8 Å². The number of nitrogens with one attached hydrogen (secondary N) is 1. The first-order valence-electron chi connectivity index (χ1n) is 13.1. The molecule has 0 spiro atoms. The van der Waals surface area contributed by atoms with E-state index in [2.05, 4.69) is 43.6 Å². The summed E-state index contributed by atoms with van der Waals surface area (Å²) in [6, 6.07) is 10.5. The second-order valence-electron chi connectivity index (χ2n) is 9.60. The highest BCUT2D eigenvalue weighted by molar-refractivity contribution is 7.16. The Morgan fingerprint density at radius 3 is 2.57 bits per heavy atom. The number of thiophene rings is 1. The lowest BCUT2D eigenvalue weighted by Crippen LogP contribution is -2.46. The highest BCUT2D eigenvalue weighted by atomic mass is 32.1. The SMILES string of the molecule is COc1ccccc1N1CCN(CCCCNc2nc(CN3CCCCC3)nc3sccc23)CC1. The van der Waals surface area contributed by atoms with Crippen LogP contribution in [0.25, 0.3) is 10.2 Å². The predicted octanol–water partition coefficient (Wildman–Crippen LogP) is 4.70. The molecule has 0 aliphatic carbocycles. The monoisotopic (exact) mass is 494 g/mol. The summed E-state index contributed by atoms with van der Waals surface area (Å²) in [6.07, 6.45) is 6.28. The van der Waals surface area contributed by atoms with E-state index in [1.54, 1.807) is 18.4 Å². The quantitative estimate of drug-likeness (QED) is 0.410. The van der Waals surface area contributed by atoms with Gasteiger partial charge in [0.1, 0.15) is 22.2 Å². The number of hydrogen-bond acceptors (Lipinski definition) is 8. The van der Waals surface area contributed by atoms with E-state index < -0.39 is 0 Å². The molecule has 0 atom stereocenters.